The average Bonchev–Trinajstić information content (AvgIpc) is 3.16. The van der Waals surface area contributed by atoms with Crippen molar-refractivity contribution in [3.05, 3.63) is 52.0 Å². The van der Waals surface area contributed by atoms with Crippen LogP contribution >= 0.6 is 11.3 Å². The molecule has 0 radical (unpaired) electrons. The highest BCUT2D eigenvalue weighted by molar-refractivity contribution is 7.12. The SMILES string of the molecule is O=C(C[C@@H]1C[C@@H]1c1nc2ccccc2[nH]1)N[C@@H](c1ccc(C(F)(F)F)s1)C1CCCCC1. The van der Waals surface area contributed by atoms with Crippen molar-refractivity contribution in [2.45, 2.75) is 63.1 Å². The summed E-state index contributed by atoms with van der Waals surface area (Å²) in [5.74, 6) is 1.49. The summed E-state index contributed by atoms with van der Waals surface area (Å²) in [5.41, 5.74) is 1.92. The number of thiophene rings is 1. The minimum absolute atomic E-state index is 0.0776. The summed E-state index contributed by atoms with van der Waals surface area (Å²) in [6.45, 7) is 0. The summed E-state index contributed by atoms with van der Waals surface area (Å²) in [4.78, 5) is 20.9. The molecular weight excluding hydrogens is 435 g/mol. The Balaban J connectivity index is 1.26. The van der Waals surface area contributed by atoms with Gasteiger partial charge in [0.1, 0.15) is 10.7 Å². The molecule has 2 aliphatic carbocycles. The maximum absolute atomic E-state index is 13.1. The average molecular weight is 462 g/mol. The van der Waals surface area contributed by atoms with Crippen LogP contribution in [0, 0.1) is 11.8 Å². The summed E-state index contributed by atoms with van der Waals surface area (Å²) < 4.78 is 39.4. The fourth-order valence-corrected chi connectivity index (χ4v) is 6.01. The molecule has 8 heteroatoms. The number of amides is 1. The summed E-state index contributed by atoms with van der Waals surface area (Å²) in [5, 5.41) is 3.11. The van der Waals surface area contributed by atoms with Crippen molar-refractivity contribution in [3.8, 4) is 0 Å². The molecule has 0 unspecified atom stereocenters. The third kappa shape index (κ3) is 4.56. The van der Waals surface area contributed by atoms with Crippen LogP contribution < -0.4 is 5.32 Å². The van der Waals surface area contributed by atoms with Gasteiger partial charge in [-0.15, -0.1) is 11.3 Å². The Bertz CT molecular complexity index is 1070. The summed E-state index contributed by atoms with van der Waals surface area (Å²) >= 11 is 0.763. The Hall–Kier alpha value is -2.35. The highest BCUT2D eigenvalue weighted by Crippen LogP contribution is 2.49. The van der Waals surface area contributed by atoms with Crippen molar-refractivity contribution in [2.24, 2.45) is 11.8 Å². The van der Waals surface area contributed by atoms with Gasteiger partial charge in [0.2, 0.25) is 5.91 Å². The lowest BCUT2D eigenvalue weighted by molar-refractivity contribution is -0.134. The molecule has 1 aromatic carbocycles. The minimum atomic E-state index is -4.35. The Morgan fingerprint density at radius 2 is 1.94 bits per heavy atom. The van der Waals surface area contributed by atoms with Crippen LogP contribution in [-0.4, -0.2) is 15.9 Å². The molecule has 2 saturated carbocycles. The van der Waals surface area contributed by atoms with E-state index >= 15 is 0 Å². The molecule has 4 nitrogen and oxygen atoms in total. The molecule has 3 atom stereocenters. The molecule has 0 spiro atoms. The summed E-state index contributed by atoms with van der Waals surface area (Å²) in [6.07, 6.45) is 2.08. The van der Waals surface area contributed by atoms with E-state index in [0.717, 1.165) is 72.8 Å². The molecule has 0 bridgehead atoms. The quantitative estimate of drug-likeness (QED) is 0.436. The molecule has 32 heavy (non-hydrogen) atoms. The molecule has 2 fully saturated rings. The van der Waals surface area contributed by atoms with E-state index in [4.69, 9.17) is 0 Å². The smallest absolute Gasteiger partial charge is 0.348 e. The number of benzene rings is 1. The molecule has 0 aliphatic heterocycles. The molecular formula is C24H26F3N3OS. The molecule has 3 aromatic rings. The van der Waals surface area contributed by atoms with Gasteiger partial charge in [-0.3, -0.25) is 4.79 Å². The summed E-state index contributed by atoms with van der Waals surface area (Å²) in [6, 6.07) is 10.2. The van der Waals surface area contributed by atoms with E-state index in [1.807, 2.05) is 24.3 Å². The standard InChI is InChI=1S/C24H26F3N3OS/c25-24(26,27)20-11-10-19(32-20)22(14-6-2-1-3-7-14)30-21(31)13-15-12-16(15)23-28-17-8-4-5-9-18(17)29-23/h4-5,8-11,14-16,22H,1-3,6-7,12-13H2,(H,28,29)(H,30,31)/t15-,16-,22+/m0/s1. The maximum atomic E-state index is 13.1. The second-order valence-electron chi connectivity index (χ2n) is 9.09. The third-order valence-electron chi connectivity index (χ3n) is 6.78. The number of halogens is 3. The van der Waals surface area contributed by atoms with E-state index in [9.17, 15) is 18.0 Å². The number of H-pyrrole nitrogens is 1. The largest absolute Gasteiger partial charge is 0.425 e. The van der Waals surface area contributed by atoms with Crippen LogP contribution in [-0.2, 0) is 11.0 Å². The molecule has 0 saturated heterocycles. The number of aromatic amines is 1. The van der Waals surface area contributed by atoms with Gasteiger partial charge in [-0.2, -0.15) is 13.2 Å². The van der Waals surface area contributed by atoms with Crippen molar-refractivity contribution in [3.63, 3.8) is 0 Å². The Morgan fingerprint density at radius 3 is 2.66 bits per heavy atom. The lowest BCUT2D eigenvalue weighted by Crippen LogP contribution is -2.34. The van der Waals surface area contributed by atoms with Gasteiger partial charge >= 0.3 is 6.18 Å². The van der Waals surface area contributed by atoms with Gasteiger partial charge in [-0.05, 0) is 55.4 Å². The third-order valence-corrected chi connectivity index (χ3v) is 7.99. The van der Waals surface area contributed by atoms with Crippen molar-refractivity contribution in [1.82, 2.24) is 15.3 Å². The highest BCUT2D eigenvalue weighted by atomic mass is 32.1. The Morgan fingerprint density at radius 1 is 1.16 bits per heavy atom. The molecule has 1 amide bonds. The molecule has 170 valence electrons. The number of aromatic nitrogens is 2. The number of fused-ring (bicyclic) bond motifs is 1. The highest BCUT2D eigenvalue weighted by Gasteiger charge is 2.42. The number of rotatable bonds is 6. The number of carbonyl (C=O) groups is 1. The van der Waals surface area contributed by atoms with E-state index in [0.29, 0.717) is 11.3 Å². The first kappa shape index (κ1) is 21.5. The number of para-hydroxylation sites is 2. The zero-order chi connectivity index (χ0) is 22.3. The Labute approximate surface area is 188 Å². The molecule has 2 heterocycles. The monoisotopic (exact) mass is 461 g/mol. The molecule has 5 rings (SSSR count). The number of imidazole rings is 1. The van der Waals surface area contributed by atoms with Crippen LogP contribution in [0.25, 0.3) is 11.0 Å². The first-order valence-corrected chi connectivity index (χ1v) is 12.1. The number of nitrogens with one attached hydrogen (secondary N) is 2. The van der Waals surface area contributed by atoms with Gasteiger partial charge in [0.05, 0.1) is 17.1 Å². The fraction of sp³-hybridized carbons (Fsp3) is 0.500. The van der Waals surface area contributed by atoms with Crippen LogP contribution in [0.1, 0.15) is 72.5 Å². The number of nitrogens with zero attached hydrogens (tertiary/aromatic N) is 1. The number of carbonyl (C=O) groups excluding carboxylic acids is 1. The first-order valence-electron chi connectivity index (χ1n) is 11.3. The molecule has 2 aliphatic rings. The zero-order valence-corrected chi connectivity index (χ0v) is 18.4. The zero-order valence-electron chi connectivity index (χ0n) is 17.6. The van der Waals surface area contributed by atoms with E-state index in [1.54, 1.807) is 6.07 Å². The van der Waals surface area contributed by atoms with Gasteiger partial charge in [0.15, 0.2) is 0 Å². The van der Waals surface area contributed by atoms with E-state index < -0.39 is 11.1 Å². The first-order chi connectivity index (χ1) is 15.4. The van der Waals surface area contributed by atoms with Gasteiger partial charge in [-0.1, -0.05) is 31.4 Å². The normalized spacial score (nSPS) is 22.7. The van der Waals surface area contributed by atoms with Crippen LogP contribution in [0.4, 0.5) is 13.2 Å². The second kappa shape index (κ2) is 8.54. The van der Waals surface area contributed by atoms with Gasteiger partial charge in [0, 0.05) is 17.2 Å². The number of hydrogen-bond acceptors (Lipinski definition) is 3. The van der Waals surface area contributed by atoms with Crippen molar-refractivity contribution in [1.29, 1.82) is 0 Å². The van der Waals surface area contributed by atoms with Crippen LogP contribution in [0.3, 0.4) is 0 Å². The fourth-order valence-electron chi connectivity index (χ4n) is 4.99. The minimum Gasteiger partial charge on any atom is -0.348 e. The topological polar surface area (TPSA) is 57.8 Å². The van der Waals surface area contributed by atoms with E-state index in [2.05, 4.69) is 15.3 Å². The van der Waals surface area contributed by atoms with Crippen LogP contribution in [0.5, 0.6) is 0 Å². The second-order valence-corrected chi connectivity index (χ2v) is 10.2. The van der Waals surface area contributed by atoms with Gasteiger partial charge in [-0.25, -0.2) is 4.98 Å². The van der Waals surface area contributed by atoms with Crippen molar-refractivity contribution >= 4 is 28.3 Å². The van der Waals surface area contributed by atoms with Crippen LogP contribution in [0.2, 0.25) is 0 Å². The lowest BCUT2D eigenvalue weighted by atomic mass is 9.83. The van der Waals surface area contributed by atoms with Crippen molar-refractivity contribution in [2.75, 3.05) is 0 Å². The van der Waals surface area contributed by atoms with E-state index in [1.165, 1.54) is 0 Å². The van der Waals surface area contributed by atoms with Gasteiger partial charge in [0.25, 0.3) is 0 Å². The predicted octanol–water partition coefficient (Wildman–Crippen LogP) is 6.57. The van der Waals surface area contributed by atoms with Crippen LogP contribution in [0.15, 0.2) is 36.4 Å². The lowest BCUT2D eigenvalue weighted by Gasteiger charge is -2.30. The predicted molar refractivity (Wildman–Crippen MR) is 118 cm³/mol. The maximum Gasteiger partial charge on any atom is 0.425 e. The van der Waals surface area contributed by atoms with Gasteiger partial charge < -0.3 is 10.3 Å². The summed E-state index contributed by atoms with van der Waals surface area (Å²) in [7, 11) is 0. The molecule has 2 aromatic heterocycles. The van der Waals surface area contributed by atoms with Crippen molar-refractivity contribution < 1.29 is 18.0 Å². The van der Waals surface area contributed by atoms with E-state index in [-0.39, 0.29) is 29.7 Å². The molecule has 2 N–H and O–H groups in total. The number of hydrogen-bond donors (Lipinski definition) is 2. The Kier molecular flexibility index (Phi) is 5.73. The number of alkyl halides is 3.